The van der Waals surface area contributed by atoms with Gasteiger partial charge in [0.15, 0.2) is 11.5 Å². The minimum absolute atomic E-state index is 0.105. The Morgan fingerprint density at radius 1 is 0.962 bits per heavy atom. The molecule has 0 atom stereocenters. The van der Waals surface area contributed by atoms with Crippen LogP contribution in [0.2, 0.25) is 0 Å². The van der Waals surface area contributed by atoms with Gasteiger partial charge in [-0.15, -0.1) is 0 Å². The molecule has 8 nitrogen and oxygen atoms in total. The number of rotatable bonds is 11. The second kappa shape index (κ2) is 11.2. The average Bonchev–Trinajstić information content (AvgIpc) is 2.66. The highest BCUT2D eigenvalue weighted by molar-refractivity contribution is 5.96. The van der Waals surface area contributed by atoms with Crippen molar-refractivity contribution in [2.45, 2.75) is 13.3 Å². The lowest BCUT2D eigenvalue weighted by molar-refractivity contribution is -0.143. The van der Waals surface area contributed by atoms with Crippen LogP contribution in [-0.2, 0) is 14.3 Å². The van der Waals surface area contributed by atoms with Crippen LogP contribution in [0.4, 0.5) is 0 Å². The number of carbonyl (C=O) groups is 2. The molecule has 0 spiro atoms. The Morgan fingerprint density at radius 3 is 2.04 bits per heavy atom. The van der Waals surface area contributed by atoms with Crippen molar-refractivity contribution in [3.8, 4) is 17.2 Å². The third kappa shape index (κ3) is 5.80. The quantitative estimate of drug-likeness (QED) is 0.550. The second-order valence-electron chi connectivity index (χ2n) is 5.25. The largest absolute Gasteiger partial charge is 0.493 e. The summed E-state index contributed by atoms with van der Waals surface area (Å²) in [5.74, 6) is 0.541. The molecule has 0 bridgehead atoms. The van der Waals surface area contributed by atoms with E-state index in [4.69, 9.17) is 23.7 Å². The maximum Gasteiger partial charge on any atom is 0.307 e. The molecule has 0 fully saturated rings. The van der Waals surface area contributed by atoms with Gasteiger partial charge in [-0.1, -0.05) is 0 Å². The highest BCUT2D eigenvalue weighted by Gasteiger charge is 2.22. The standard InChI is InChI=1S/C18H27NO7/c1-6-26-16(20)7-8-19(9-10-22-2)18(21)13-11-14(23-3)17(25-5)15(12-13)24-4/h11-12H,6-10H2,1-5H3. The molecule has 0 saturated heterocycles. The molecule has 1 aromatic carbocycles. The van der Waals surface area contributed by atoms with E-state index in [1.807, 2.05) is 0 Å². The van der Waals surface area contributed by atoms with Gasteiger partial charge in [-0.2, -0.15) is 0 Å². The lowest BCUT2D eigenvalue weighted by atomic mass is 10.1. The number of hydrogen-bond donors (Lipinski definition) is 0. The molecular formula is C18H27NO7. The van der Waals surface area contributed by atoms with Crippen LogP contribution in [0.15, 0.2) is 12.1 Å². The maximum absolute atomic E-state index is 12.9. The average molecular weight is 369 g/mol. The van der Waals surface area contributed by atoms with Gasteiger partial charge >= 0.3 is 5.97 Å². The van der Waals surface area contributed by atoms with Crippen LogP contribution in [0.5, 0.6) is 17.2 Å². The molecule has 0 unspecified atom stereocenters. The molecule has 0 aliphatic rings. The summed E-state index contributed by atoms with van der Waals surface area (Å²) in [4.78, 5) is 26.1. The molecule has 1 rings (SSSR count). The van der Waals surface area contributed by atoms with E-state index in [2.05, 4.69) is 0 Å². The summed E-state index contributed by atoms with van der Waals surface area (Å²) in [6.45, 7) is 2.95. The molecule has 8 heteroatoms. The minimum Gasteiger partial charge on any atom is -0.493 e. The molecule has 0 saturated carbocycles. The Balaban J connectivity index is 3.07. The van der Waals surface area contributed by atoms with Gasteiger partial charge in [0.2, 0.25) is 5.75 Å². The Labute approximate surface area is 153 Å². The van der Waals surface area contributed by atoms with Crippen LogP contribution in [0.1, 0.15) is 23.7 Å². The normalized spacial score (nSPS) is 10.2. The third-order valence-electron chi connectivity index (χ3n) is 3.66. The molecule has 0 aliphatic heterocycles. The molecule has 1 aromatic rings. The zero-order chi connectivity index (χ0) is 19.5. The van der Waals surface area contributed by atoms with E-state index in [0.29, 0.717) is 42.6 Å². The van der Waals surface area contributed by atoms with Crippen molar-refractivity contribution in [1.29, 1.82) is 0 Å². The van der Waals surface area contributed by atoms with Gasteiger partial charge in [-0.3, -0.25) is 9.59 Å². The smallest absolute Gasteiger partial charge is 0.307 e. The Kier molecular flexibility index (Phi) is 9.29. The molecule has 0 aliphatic carbocycles. The van der Waals surface area contributed by atoms with Crippen molar-refractivity contribution in [1.82, 2.24) is 4.90 Å². The van der Waals surface area contributed by atoms with E-state index in [1.54, 1.807) is 26.2 Å². The first-order valence-electron chi connectivity index (χ1n) is 8.26. The van der Waals surface area contributed by atoms with E-state index in [9.17, 15) is 9.59 Å². The fourth-order valence-electron chi connectivity index (χ4n) is 2.36. The van der Waals surface area contributed by atoms with E-state index >= 15 is 0 Å². The minimum atomic E-state index is -0.354. The molecule has 26 heavy (non-hydrogen) atoms. The number of hydrogen-bond acceptors (Lipinski definition) is 7. The molecule has 0 radical (unpaired) electrons. The van der Waals surface area contributed by atoms with Gasteiger partial charge < -0.3 is 28.6 Å². The van der Waals surface area contributed by atoms with E-state index in [0.717, 1.165) is 0 Å². The number of benzene rings is 1. The van der Waals surface area contributed by atoms with Crippen LogP contribution in [0, 0.1) is 0 Å². The number of nitrogens with zero attached hydrogens (tertiary/aromatic N) is 1. The molecule has 1 amide bonds. The lowest BCUT2D eigenvalue weighted by Crippen LogP contribution is -2.36. The number of amides is 1. The van der Waals surface area contributed by atoms with Gasteiger partial charge in [0.1, 0.15) is 0 Å². The van der Waals surface area contributed by atoms with Crippen LogP contribution in [-0.4, -0.2) is 71.5 Å². The molecule has 0 N–H and O–H groups in total. The summed E-state index contributed by atoms with van der Waals surface area (Å²) >= 11 is 0. The summed E-state index contributed by atoms with van der Waals surface area (Å²) in [7, 11) is 6.00. The van der Waals surface area contributed by atoms with Crippen molar-refractivity contribution >= 4 is 11.9 Å². The van der Waals surface area contributed by atoms with Gasteiger partial charge in [-0.05, 0) is 19.1 Å². The first-order valence-corrected chi connectivity index (χ1v) is 8.26. The van der Waals surface area contributed by atoms with Crippen molar-refractivity contribution in [2.24, 2.45) is 0 Å². The van der Waals surface area contributed by atoms with Crippen molar-refractivity contribution in [2.75, 3.05) is 54.7 Å². The Morgan fingerprint density at radius 2 is 1.58 bits per heavy atom. The maximum atomic E-state index is 12.9. The summed E-state index contributed by atoms with van der Waals surface area (Å²) < 4.78 is 25.8. The number of esters is 1. The zero-order valence-corrected chi connectivity index (χ0v) is 16.0. The highest BCUT2D eigenvalue weighted by atomic mass is 16.5. The lowest BCUT2D eigenvalue weighted by Gasteiger charge is -2.23. The summed E-state index contributed by atoms with van der Waals surface area (Å²) in [5, 5.41) is 0. The predicted molar refractivity (Wildman–Crippen MR) is 95.1 cm³/mol. The number of ether oxygens (including phenoxy) is 5. The van der Waals surface area contributed by atoms with Crippen LogP contribution in [0.25, 0.3) is 0 Å². The number of methoxy groups -OCH3 is 4. The van der Waals surface area contributed by atoms with E-state index in [1.165, 1.54) is 26.2 Å². The van der Waals surface area contributed by atoms with Crippen LogP contribution >= 0.6 is 0 Å². The monoisotopic (exact) mass is 369 g/mol. The number of carbonyl (C=O) groups excluding carboxylic acids is 2. The Hall–Kier alpha value is -2.48. The predicted octanol–water partition coefficient (Wildman–Crippen LogP) is 1.75. The van der Waals surface area contributed by atoms with Crippen LogP contribution in [0.3, 0.4) is 0 Å². The third-order valence-corrected chi connectivity index (χ3v) is 3.66. The first kappa shape index (κ1) is 21.6. The molecule has 0 aromatic heterocycles. The highest BCUT2D eigenvalue weighted by Crippen LogP contribution is 2.38. The van der Waals surface area contributed by atoms with Gasteiger partial charge in [-0.25, -0.2) is 0 Å². The van der Waals surface area contributed by atoms with Crippen molar-refractivity contribution < 1.29 is 33.3 Å². The Bertz CT molecular complexity index is 578. The molecule has 0 heterocycles. The van der Waals surface area contributed by atoms with Gasteiger partial charge in [0.05, 0.1) is 41.0 Å². The summed E-state index contributed by atoms with van der Waals surface area (Å²) in [5.41, 5.74) is 0.361. The van der Waals surface area contributed by atoms with E-state index in [-0.39, 0.29) is 24.8 Å². The second-order valence-corrected chi connectivity index (χ2v) is 5.25. The SMILES string of the molecule is CCOC(=O)CCN(CCOC)C(=O)c1cc(OC)c(OC)c(OC)c1. The van der Waals surface area contributed by atoms with Crippen LogP contribution < -0.4 is 14.2 Å². The summed E-state index contributed by atoms with van der Waals surface area (Å²) in [6, 6.07) is 3.15. The van der Waals surface area contributed by atoms with Gasteiger partial charge in [0, 0.05) is 25.8 Å². The first-order chi connectivity index (χ1) is 12.5. The molecule has 146 valence electrons. The van der Waals surface area contributed by atoms with E-state index < -0.39 is 0 Å². The van der Waals surface area contributed by atoms with Crippen molar-refractivity contribution in [3.63, 3.8) is 0 Å². The van der Waals surface area contributed by atoms with Crippen molar-refractivity contribution in [3.05, 3.63) is 17.7 Å². The topological polar surface area (TPSA) is 83.5 Å². The molecular weight excluding hydrogens is 342 g/mol. The fourth-order valence-corrected chi connectivity index (χ4v) is 2.36. The van der Waals surface area contributed by atoms with Gasteiger partial charge in [0.25, 0.3) is 5.91 Å². The zero-order valence-electron chi connectivity index (χ0n) is 16.0. The summed E-state index contributed by atoms with van der Waals surface area (Å²) in [6.07, 6.45) is 0.105. The fraction of sp³-hybridized carbons (Fsp3) is 0.556.